The second-order valence-electron chi connectivity index (χ2n) is 16.4. The van der Waals surface area contributed by atoms with Crippen molar-refractivity contribution in [2.45, 2.75) is 74.7 Å². The van der Waals surface area contributed by atoms with Crippen molar-refractivity contribution in [2.75, 3.05) is 6.54 Å². The van der Waals surface area contributed by atoms with Gasteiger partial charge in [0.2, 0.25) is 35.3 Å². The van der Waals surface area contributed by atoms with Gasteiger partial charge in [-0.05, 0) is 62.5 Å². The number of hydrogen-bond donors (Lipinski definition) is 5. The van der Waals surface area contributed by atoms with Crippen LogP contribution in [0.3, 0.4) is 0 Å². The standard InChI is InChI=1S/C15H14N2O4.C15H17NO3.C8H6O2.C6H8N2O2.B.Na.H/c18-12-10-6-15(7-10,13(19)16-12)17-8-11(21-14(17)20)9-4-2-1-3-5-9;17-12(10-4-2-1-3-5-10)6-7-15-8-11(9-15)13(18)16-14(15)19;9-6-8(10)7-4-2-1-3-5-7;7-6-1-3(2-6)4(9)8-5(6)10;;;/h1-5,10-11H,6-8H2,(H,16,18,19);1-5,11-12,17H,6-9H2,(H,16,18,19);1-6H;3H,1-2,7H2,(H,8,9,10);;;/q;;;;;+1;-1. The predicted octanol–water partition coefficient (Wildman–Crippen LogP) is -0.908. The SMILES string of the molecule is NC12CC(C1)C(=O)NC2=O.O=C1NC(=O)C2(CCC(O)c3ccccc3)CC1C2.O=C1NC(=O)C2(N3CC(c4ccccc4)OC3=O)CC1C2.O=CC(=O)c1ccccc1.[B].[H-].[Na+]. The number of carbonyl (C=O) groups is 9. The van der Waals surface area contributed by atoms with Crippen LogP contribution >= 0.6 is 0 Å². The first kappa shape index (κ1) is 47.7. The fourth-order valence-corrected chi connectivity index (χ4v) is 8.83. The van der Waals surface area contributed by atoms with Gasteiger partial charge in [-0.2, -0.15) is 0 Å². The maximum absolute atomic E-state index is 12.2. The molecule has 2 atom stereocenters. The minimum atomic E-state index is -0.890. The molecule has 3 aliphatic carbocycles. The van der Waals surface area contributed by atoms with Gasteiger partial charge in [0, 0.05) is 31.7 Å². The topological polar surface area (TPSA) is 248 Å². The van der Waals surface area contributed by atoms with E-state index in [1.54, 1.807) is 30.3 Å². The average Bonchev–Trinajstić information content (AvgIpc) is 3.60. The smallest absolute Gasteiger partial charge is 1.00 e. The van der Waals surface area contributed by atoms with E-state index in [0.717, 1.165) is 11.1 Å². The maximum Gasteiger partial charge on any atom is 1.00 e. The van der Waals surface area contributed by atoms with Gasteiger partial charge < -0.3 is 17.0 Å². The summed E-state index contributed by atoms with van der Waals surface area (Å²) in [6.07, 6.45) is 3.33. The zero-order valence-electron chi connectivity index (χ0n) is 35.1. The number of Topliss-reactive ketones (excluding diaryl/α,β-unsaturated/α-hetero) is 1. The van der Waals surface area contributed by atoms with Gasteiger partial charge in [0.15, 0.2) is 6.29 Å². The van der Waals surface area contributed by atoms with Gasteiger partial charge in [-0.25, -0.2) is 4.79 Å². The Morgan fingerprint density at radius 1 is 0.742 bits per heavy atom. The summed E-state index contributed by atoms with van der Waals surface area (Å²) in [7, 11) is 0. The first-order chi connectivity index (χ1) is 28.7. The third-order valence-electron chi connectivity index (χ3n) is 12.6. The number of piperidine rings is 6. The van der Waals surface area contributed by atoms with Crippen LogP contribution in [0.4, 0.5) is 4.79 Å². The zero-order valence-corrected chi connectivity index (χ0v) is 36.1. The van der Waals surface area contributed by atoms with Gasteiger partial charge >= 0.3 is 35.7 Å². The monoisotopic (exact) mass is 854 g/mol. The van der Waals surface area contributed by atoms with Gasteiger partial charge in [-0.1, -0.05) is 91.0 Å². The number of ketones is 1. The molecular weight excluding hydrogens is 808 g/mol. The van der Waals surface area contributed by atoms with Crippen molar-refractivity contribution in [1.82, 2.24) is 20.9 Å². The zero-order chi connectivity index (χ0) is 42.8. The Morgan fingerprint density at radius 2 is 1.23 bits per heavy atom. The second kappa shape index (κ2) is 19.4. The third kappa shape index (κ3) is 9.51. The molecule has 7 amide bonds. The molecule has 10 aliphatic rings. The number of benzene rings is 3. The van der Waals surface area contributed by atoms with Crippen molar-refractivity contribution >= 4 is 62.0 Å². The van der Waals surface area contributed by atoms with Crippen LogP contribution in [-0.4, -0.2) is 89.6 Å². The molecule has 6 bridgehead atoms. The normalized spacial score (nSPS) is 29.5. The summed E-state index contributed by atoms with van der Waals surface area (Å²) in [6.45, 7) is 0.344. The fraction of sp³-hybridized carbons (Fsp3) is 0.386. The molecule has 0 aromatic heterocycles. The number of fused-ring (bicyclic) bond motifs is 6. The van der Waals surface area contributed by atoms with Crippen LogP contribution in [0.15, 0.2) is 91.0 Å². The number of amides is 7. The Morgan fingerprint density at radius 3 is 1.73 bits per heavy atom. The van der Waals surface area contributed by atoms with Crippen LogP contribution in [-0.2, 0) is 38.3 Å². The molecule has 13 rings (SSSR count). The van der Waals surface area contributed by atoms with E-state index in [-0.39, 0.29) is 98.7 Å². The molecule has 62 heavy (non-hydrogen) atoms. The third-order valence-corrected chi connectivity index (χ3v) is 12.6. The van der Waals surface area contributed by atoms with Gasteiger partial charge in [-0.15, -0.1) is 0 Å². The molecular formula is C44H46BN5NaO11. The van der Waals surface area contributed by atoms with Crippen molar-refractivity contribution in [1.29, 1.82) is 0 Å². The molecule has 6 N–H and O–H groups in total. The summed E-state index contributed by atoms with van der Waals surface area (Å²) in [5, 5.41) is 17.1. The van der Waals surface area contributed by atoms with E-state index < -0.39 is 34.5 Å². The number of imide groups is 3. The summed E-state index contributed by atoms with van der Waals surface area (Å²) >= 11 is 0. The van der Waals surface area contributed by atoms with E-state index in [0.29, 0.717) is 69.8 Å². The predicted molar refractivity (Wildman–Crippen MR) is 216 cm³/mol. The molecule has 18 heteroatoms. The summed E-state index contributed by atoms with van der Waals surface area (Å²) in [5.41, 5.74) is 5.81. The van der Waals surface area contributed by atoms with Gasteiger partial charge in [0.25, 0.3) is 5.91 Å². The molecule has 2 unspecified atom stereocenters. The van der Waals surface area contributed by atoms with Crippen molar-refractivity contribution in [3.8, 4) is 0 Å². The number of rotatable bonds is 8. The molecule has 3 aromatic carbocycles. The molecule has 10 fully saturated rings. The molecule has 3 saturated carbocycles. The van der Waals surface area contributed by atoms with E-state index >= 15 is 0 Å². The van der Waals surface area contributed by atoms with Crippen LogP contribution in [0.2, 0.25) is 0 Å². The number of aliphatic hydroxyl groups is 1. The maximum atomic E-state index is 12.2. The molecule has 317 valence electrons. The number of nitrogens with two attached hydrogens (primary N) is 1. The Balaban J connectivity index is 0.000000191. The van der Waals surface area contributed by atoms with Crippen LogP contribution in [0.1, 0.15) is 86.5 Å². The molecule has 3 radical (unpaired) electrons. The number of cyclic esters (lactones) is 1. The van der Waals surface area contributed by atoms with Gasteiger partial charge in [0.1, 0.15) is 11.6 Å². The quantitative estimate of drug-likeness (QED) is 0.0608. The van der Waals surface area contributed by atoms with Crippen LogP contribution in [0, 0.1) is 23.2 Å². The summed E-state index contributed by atoms with van der Waals surface area (Å²) in [5.74, 6) is -1.97. The van der Waals surface area contributed by atoms with Gasteiger partial charge in [-0.3, -0.25) is 59.2 Å². The first-order valence-electron chi connectivity index (χ1n) is 19.8. The first-order valence-corrected chi connectivity index (χ1v) is 19.8. The van der Waals surface area contributed by atoms with Crippen molar-refractivity contribution in [2.24, 2.45) is 28.9 Å². The van der Waals surface area contributed by atoms with Crippen molar-refractivity contribution in [3.05, 3.63) is 108 Å². The molecule has 7 heterocycles. The van der Waals surface area contributed by atoms with E-state index in [2.05, 4.69) is 16.0 Å². The van der Waals surface area contributed by atoms with E-state index in [1.165, 1.54) is 4.90 Å². The van der Waals surface area contributed by atoms with Crippen molar-refractivity contribution in [3.63, 3.8) is 0 Å². The summed E-state index contributed by atoms with van der Waals surface area (Å²) in [4.78, 5) is 103. The summed E-state index contributed by atoms with van der Waals surface area (Å²) in [6, 6.07) is 27.4. The number of nitrogens with one attached hydrogen (secondary N) is 3. The molecule has 16 nitrogen and oxygen atoms in total. The molecule has 7 aliphatic heterocycles. The minimum absolute atomic E-state index is 0. The van der Waals surface area contributed by atoms with Crippen LogP contribution < -0.4 is 51.2 Å². The minimum Gasteiger partial charge on any atom is -1.00 e. The number of nitrogens with zero attached hydrogens (tertiary/aromatic N) is 1. The van der Waals surface area contributed by atoms with E-state index in [9.17, 15) is 48.3 Å². The van der Waals surface area contributed by atoms with Crippen LogP contribution in [0.5, 0.6) is 0 Å². The Labute approximate surface area is 382 Å². The van der Waals surface area contributed by atoms with E-state index in [1.807, 2.05) is 60.7 Å². The molecule has 0 spiro atoms. The summed E-state index contributed by atoms with van der Waals surface area (Å²) < 4.78 is 5.40. The van der Waals surface area contributed by atoms with E-state index in [4.69, 9.17) is 10.5 Å². The largest absolute Gasteiger partial charge is 1.00 e. The van der Waals surface area contributed by atoms with Crippen molar-refractivity contribution < 1.29 is 84.0 Å². The Hall–Kier alpha value is -5.33. The molecule has 7 saturated heterocycles. The second-order valence-corrected chi connectivity index (χ2v) is 16.4. The Bertz CT molecular complexity index is 2220. The van der Waals surface area contributed by atoms with Crippen LogP contribution in [0.25, 0.3) is 0 Å². The Kier molecular flexibility index (Phi) is 14.9. The number of carbonyl (C=O) groups excluding carboxylic acids is 9. The van der Waals surface area contributed by atoms with Gasteiger partial charge in [0.05, 0.1) is 23.6 Å². The fourth-order valence-electron chi connectivity index (χ4n) is 8.83. The average molecular weight is 855 g/mol. The number of hydrogen-bond acceptors (Lipinski definition) is 12. The number of ether oxygens (including phenoxy) is 1. The molecule has 3 aromatic rings. The number of aldehydes is 1. The number of aliphatic hydroxyl groups excluding tert-OH is 1.